The lowest BCUT2D eigenvalue weighted by Crippen LogP contribution is -2.29. The molecule has 0 aliphatic heterocycles. The number of sulfonamides is 1. The number of rotatable bonds is 10. The molecule has 170 valence electrons. The summed E-state index contributed by atoms with van der Waals surface area (Å²) < 4.78 is 51.1. The molecule has 11 heteroatoms. The highest BCUT2D eigenvalue weighted by molar-refractivity contribution is 7.89. The van der Waals surface area contributed by atoms with Gasteiger partial charge in [-0.25, -0.2) is 22.5 Å². The molecule has 3 rings (SSSR count). The molecule has 32 heavy (non-hydrogen) atoms. The van der Waals surface area contributed by atoms with Crippen molar-refractivity contribution < 1.29 is 22.3 Å². The van der Waals surface area contributed by atoms with Gasteiger partial charge in [-0.1, -0.05) is 0 Å². The molecule has 1 heterocycles. The first kappa shape index (κ1) is 23.2. The normalized spacial score (nSPS) is 11.1. The lowest BCUT2D eigenvalue weighted by atomic mass is 10.3. The van der Waals surface area contributed by atoms with Crippen LogP contribution in [-0.2, 0) is 10.0 Å². The minimum absolute atomic E-state index is 0.0283. The van der Waals surface area contributed by atoms with Crippen LogP contribution >= 0.6 is 0 Å². The zero-order chi connectivity index (χ0) is 23.1. The number of aryl methyl sites for hydroxylation is 1. The Kier molecular flexibility index (Phi) is 7.44. The van der Waals surface area contributed by atoms with Crippen LogP contribution in [0.4, 0.5) is 21.8 Å². The quantitative estimate of drug-likeness (QED) is 0.395. The van der Waals surface area contributed by atoms with Crippen LogP contribution in [0.2, 0.25) is 0 Å². The van der Waals surface area contributed by atoms with Gasteiger partial charge in [-0.15, -0.1) is 0 Å². The Hall–Kier alpha value is -3.44. The summed E-state index contributed by atoms with van der Waals surface area (Å²) in [6.45, 7) is 2.06. The Morgan fingerprint density at radius 2 is 1.72 bits per heavy atom. The lowest BCUT2D eigenvalue weighted by molar-refractivity contribution is 0.400. The minimum atomic E-state index is -3.96. The average molecular weight is 462 g/mol. The van der Waals surface area contributed by atoms with Crippen molar-refractivity contribution >= 4 is 27.5 Å². The second-order valence-electron chi connectivity index (χ2n) is 6.69. The van der Waals surface area contributed by atoms with Crippen LogP contribution in [0.5, 0.6) is 11.5 Å². The predicted molar refractivity (Wildman–Crippen MR) is 120 cm³/mol. The standard InChI is InChI=1S/C21H24FN5O4S/c1-14-12-20(26-16-5-7-17(30-2)8-6-16)27-21(25-14)23-10-11-24-32(28,29)19-13-15(22)4-9-18(19)31-3/h4-9,12-13,24H,10-11H2,1-3H3,(H2,23,25,26,27). The van der Waals surface area contributed by atoms with Gasteiger partial charge in [-0.2, -0.15) is 4.98 Å². The van der Waals surface area contributed by atoms with Gasteiger partial charge in [0.15, 0.2) is 0 Å². The van der Waals surface area contributed by atoms with E-state index in [4.69, 9.17) is 9.47 Å². The SMILES string of the molecule is COc1ccc(Nc2cc(C)nc(NCCNS(=O)(=O)c3cc(F)ccc3OC)n2)cc1. The number of halogens is 1. The van der Waals surface area contributed by atoms with Crippen LogP contribution in [0.3, 0.4) is 0 Å². The Labute approximate surface area is 186 Å². The van der Waals surface area contributed by atoms with E-state index in [1.807, 2.05) is 31.2 Å². The maximum atomic E-state index is 13.5. The molecular formula is C21H24FN5O4S. The Balaban J connectivity index is 1.60. The molecule has 0 bridgehead atoms. The van der Waals surface area contributed by atoms with E-state index in [-0.39, 0.29) is 23.7 Å². The van der Waals surface area contributed by atoms with E-state index >= 15 is 0 Å². The number of aromatic nitrogens is 2. The number of hydrogen-bond donors (Lipinski definition) is 3. The molecule has 0 saturated carbocycles. The fourth-order valence-corrected chi connectivity index (χ4v) is 4.04. The third-order valence-corrected chi connectivity index (χ3v) is 5.81. The molecule has 0 amide bonds. The number of nitrogens with zero attached hydrogens (tertiary/aromatic N) is 2. The van der Waals surface area contributed by atoms with Gasteiger partial charge < -0.3 is 20.1 Å². The number of hydrogen-bond acceptors (Lipinski definition) is 8. The summed E-state index contributed by atoms with van der Waals surface area (Å²) >= 11 is 0. The van der Waals surface area contributed by atoms with E-state index in [2.05, 4.69) is 25.3 Å². The number of ether oxygens (including phenoxy) is 2. The van der Waals surface area contributed by atoms with Crippen LogP contribution in [0.15, 0.2) is 53.4 Å². The summed E-state index contributed by atoms with van der Waals surface area (Å²) in [4.78, 5) is 8.43. The minimum Gasteiger partial charge on any atom is -0.497 e. The molecule has 0 spiro atoms. The summed E-state index contributed by atoms with van der Waals surface area (Å²) in [5.41, 5.74) is 1.55. The van der Waals surface area contributed by atoms with Gasteiger partial charge in [0.25, 0.3) is 0 Å². The Bertz CT molecular complexity index is 1170. The van der Waals surface area contributed by atoms with Crippen LogP contribution in [0.25, 0.3) is 0 Å². The van der Waals surface area contributed by atoms with Gasteiger partial charge in [0.2, 0.25) is 16.0 Å². The van der Waals surface area contributed by atoms with Crippen molar-refractivity contribution in [2.24, 2.45) is 0 Å². The molecular weight excluding hydrogens is 437 g/mol. The second-order valence-corrected chi connectivity index (χ2v) is 8.43. The van der Waals surface area contributed by atoms with E-state index < -0.39 is 15.8 Å². The van der Waals surface area contributed by atoms with Crippen molar-refractivity contribution in [3.8, 4) is 11.5 Å². The number of anilines is 3. The summed E-state index contributed by atoms with van der Waals surface area (Å²) in [5.74, 6) is 1.05. The predicted octanol–water partition coefficient (Wildman–Crippen LogP) is 3.08. The van der Waals surface area contributed by atoms with Crippen molar-refractivity contribution in [3.05, 3.63) is 60.0 Å². The summed E-state index contributed by atoms with van der Waals surface area (Å²) in [7, 11) is -1.04. The molecule has 2 aromatic carbocycles. The molecule has 0 atom stereocenters. The smallest absolute Gasteiger partial charge is 0.244 e. The third kappa shape index (κ3) is 6.05. The number of benzene rings is 2. The van der Waals surface area contributed by atoms with Gasteiger partial charge in [0.1, 0.15) is 28.0 Å². The highest BCUT2D eigenvalue weighted by Crippen LogP contribution is 2.24. The van der Waals surface area contributed by atoms with Gasteiger partial charge >= 0.3 is 0 Å². The average Bonchev–Trinajstić information content (AvgIpc) is 2.77. The van der Waals surface area contributed by atoms with Crippen LogP contribution < -0.4 is 24.8 Å². The highest BCUT2D eigenvalue weighted by atomic mass is 32.2. The van der Waals surface area contributed by atoms with E-state index in [0.29, 0.717) is 11.8 Å². The highest BCUT2D eigenvalue weighted by Gasteiger charge is 2.20. The maximum Gasteiger partial charge on any atom is 0.244 e. The van der Waals surface area contributed by atoms with Crippen molar-refractivity contribution in [2.45, 2.75) is 11.8 Å². The summed E-state index contributed by atoms with van der Waals surface area (Å²) in [6.07, 6.45) is 0. The maximum absolute atomic E-state index is 13.5. The molecule has 0 saturated heterocycles. The van der Waals surface area contributed by atoms with E-state index in [0.717, 1.165) is 29.3 Å². The second kappa shape index (κ2) is 10.2. The summed E-state index contributed by atoms with van der Waals surface area (Å²) in [5, 5.41) is 6.16. The molecule has 0 unspecified atom stereocenters. The lowest BCUT2D eigenvalue weighted by Gasteiger charge is -2.12. The monoisotopic (exact) mass is 461 g/mol. The van der Waals surface area contributed by atoms with Crippen molar-refractivity contribution in [2.75, 3.05) is 37.9 Å². The first-order valence-corrected chi connectivity index (χ1v) is 11.1. The van der Waals surface area contributed by atoms with Gasteiger partial charge in [0.05, 0.1) is 14.2 Å². The zero-order valence-corrected chi connectivity index (χ0v) is 18.7. The fraction of sp³-hybridized carbons (Fsp3) is 0.238. The van der Waals surface area contributed by atoms with Crippen LogP contribution in [-0.4, -0.2) is 45.7 Å². The number of nitrogens with one attached hydrogen (secondary N) is 3. The first-order chi connectivity index (χ1) is 15.3. The summed E-state index contributed by atoms with van der Waals surface area (Å²) in [6, 6.07) is 12.5. The van der Waals surface area contributed by atoms with E-state index in [1.165, 1.54) is 13.2 Å². The van der Waals surface area contributed by atoms with Gasteiger partial charge in [-0.05, 0) is 49.4 Å². The molecule has 0 aliphatic carbocycles. The molecule has 1 aromatic heterocycles. The zero-order valence-electron chi connectivity index (χ0n) is 17.8. The molecule has 9 nitrogen and oxygen atoms in total. The van der Waals surface area contributed by atoms with Crippen molar-refractivity contribution in [1.82, 2.24) is 14.7 Å². The van der Waals surface area contributed by atoms with E-state index in [9.17, 15) is 12.8 Å². The largest absolute Gasteiger partial charge is 0.497 e. The van der Waals surface area contributed by atoms with Gasteiger partial charge in [-0.3, -0.25) is 0 Å². The molecule has 3 N–H and O–H groups in total. The molecule has 0 fully saturated rings. The van der Waals surface area contributed by atoms with E-state index in [1.54, 1.807) is 13.2 Å². The third-order valence-electron chi connectivity index (χ3n) is 4.33. The van der Waals surface area contributed by atoms with Crippen molar-refractivity contribution in [1.29, 1.82) is 0 Å². The molecule has 0 radical (unpaired) electrons. The van der Waals surface area contributed by atoms with Crippen molar-refractivity contribution in [3.63, 3.8) is 0 Å². The van der Waals surface area contributed by atoms with Crippen LogP contribution in [0.1, 0.15) is 5.69 Å². The fourth-order valence-electron chi connectivity index (χ4n) is 2.83. The topological polar surface area (TPSA) is 114 Å². The Morgan fingerprint density at radius 3 is 2.41 bits per heavy atom. The van der Waals surface area contributed by atoms with Crippen LogP contribution in [0, 0.1) is 12.7 Å². The molecule has 3 aromatic rings. The molecule has 0 aliphatic rings. The number of methoxy groups -OCH3 is 2. The Morgan fingerprint density at radius 1 is 0.969 bits per heavy atom. The van der Waals surface area contributed by atoms with Gasteiger partial charge in [0, 0.05) is 30.5 Å². The first-order valence-electron chi connectivity index (χ1n) is 9.64.